The summed E-state index contributed by atoms with van der Waals surface area (Å²) in [5, 5.41) is 10.5. The number of benzene rings is 1. The zero-order valence-electron chi connectivity index (χ0n) is 12.7. The van der Waals surface area contributed by atoms with Gasteiger partial charge in [0.15, 0.2) is 0 Å². The Morgan fingerprint density at radius 1 is 1.32 bits per heavy atom. The molecule has 1 aromatic rings. The number of non-ortho nitro benzene ring substituents is 1. The number of carbonyl (C=O) groups is 1. The summed E-state index contributed by atoms with van der Waals surface area (Å²) in [7, 11) is 0. The molecular weight excluding hydrogens is 286 g/mol. The molecule has 6 heteroatoms. The van der Waals surface area contributed by atoms with E-state index in [1.165, 1.54) is 24.3 Å². The van der Waals surface area contributed by atoms with Gasteiger partial charge in [-0.25, -0.2) is 4.79 Å². The second-order valence-electron chi connectivity index (χ2n) is 4.96. The van der Waals surface area contributed by atoms with Crippen LogP contribution in [0.25, 0.3) is 0 Å². The number of hydrogen-bond acceptors (Lipinski definition) is 5. The summed E-state index contributed by atoms with van der Waals surface area (Å²) in [6, 6.07) is 5.26. The van der Waals surface area contributed by atoms with E-state index in [2.05, 4.69) is 6.58 Å². The normalized spacial score (nSPS) is 11.5. The molecule has 0 saturated carbocycles. The molecule has 0 aliphatic heterocycles. The summed E-state index contributed by atoms with van der Waals surface area (Å²) < 4.78 is 10.1. The van der Waals surface area contributed by atoms with Crippen LogP contribution in [0.1, 0.15) is 39.0 Å². The number of nitro groups is 1. The van der Waals surface area contributed by atoms with Crippen molar-refractivity contribution in [2.24, 2.45) is 0 Å². The second kappa shape index (κ2) is 9.55. The first-order valence-corrected chi connectivity index (χ1v) is 7.26. The van der Waals surface area contributed by atoms with Crippen LogP contribution in [0.15, 0.2) is 36.9 Å². The van der Waals surface area contributed by atoms with Crippen LogP contribution in [0.5, 0.6) is 5.75 Å². The molecule has 0 bridgehead atoms. The lowest BCUT2D eigenvalue weighted by Crippen LogP contribution is -2.18. The third-order valence-corrected chi connectivity index (χ3v) is 3.07. The standard InChI is InChI=1S/C16H21NO5/c1-3-4-5-6-7-8-13(2)21-16(18)22-15-11-9-14(10-12-15)17(19)20/h3,9-13H,1,4-8H2,2H3. The lowest BCUT2D eigenvalue weighted by atomic mass is 10.1. The number of rotatable bonds is 9. The number of unbranched alkanes of at least 4 members (excludes halogenated alkanes) is 3. The van der Waals surface area contributed by atoms with Gasteiger partial charge in [0.1, 0.15) is 11.9 Å². The van der Waals surface area contributed by atoms with Gasteiger partial charge in [-0.15, -0.1) is 6.58 Å². The molecule has 1 atom stereocenters. The smallest absolute Gasteiger partial charge is 0.431 e. The topological polar surface area (TPSA) is 78.7 Å². The minimum Gasteiger partial charge on any atom is -0.431 e. The van der Waals surface area contributed by atoms with E-state index in [4.69, 9.17) is 9.47 Å². The Morgan fingerprint density at radius 2 is 2.00 bits per heavy atom. The van der Waals surface area contributed by atoms with Gasteiger partial charge in [-0.2, -0.15) is 0 Å². The molecule has 0 amide bonds. The predicted octanol–water partition coefficient (Wildman–Crippen LogP) is 4.64. The van der Waals surface area contributed by atoms with E-state index in [-0.39, 0.29) is 17.5 Å². The molecule has 0 aliphatic rings. The molecule has 0 fully saturated rings. The summed E-state index contributed by atoms with van der Waals surface area (Å²) >= 11 is 0. The van der Waals surface area contributed by atoms with Crippen molar-refractivity contribution in [2.45, 2.75) is 45.1 Å². The highest BCUT2D eigenvalue weighted by Gasteiger charge is 2.12. The molecule has 0 N–H and O–H groups in total. The molecule has 0 saturated heterocycles. The maximum atomic E-state index is 11.6. The molecule has 6 nitrogen and oxygen atoms in total. The summed E-state index contributed by atoms with van der Waals surface area (Å²) in [6.07, 6.45) is 5.76. The van der Waals surface area contributed by atoms with Crippen molar-refractivity contribution in [1.82, 2.24) is 0 Å². The molecule has 1 aromatic carbocycles. The van der Waals surface area contributed by atoms with Crippen molar-refractivity contribution >= 4 is 11.8 Å². The molecule has 1 rings (SSSR count). The van der Waals surface area contributed by atoms with Crippen molar-refractivity contribution in [2.75, 3.05) is 0 Å². The molecule has 1 unspecified atom stereocenters. The molecule has 0 aromatic heterocycles. The van der Waals surface area contributed by atoms with Gasteiger partial charge in [0.25, 0.3) is 5.69 Å². The average molecular weight is 307 g/mol. The Morgan fingerprint density at radius 3 is 2.59 bits per heavy atom. The Kier molecular flexibility index (Phi) is 7.67. The first-order valence-electron chi connectivity index (χ1n) is 7.26. The van der Waals surface area contributed by atoms with Crippen molar-refractivity contribution in [3.8, 4) is 5.75 Å². The van der Waals surface area contributed by atoms with Gasteiger partial charge in [0.05, 0.1) is 4.92 Å². The van der Waals surface area contributed by atoms with E-state index in [1.807, 2.05) is 13.0 Å². The number of ether oxygens (including phenoxy) is 2. The lowest BCUT2D eigenvalue weighted by molar-refractivity contribution is -0.384. The monoisotopic (exact) mass is 307 g/mol. The molecule has 0 aliphatic carbocycles. The van der Waals surface area contributed by atoms with Gasteiger partial charge >= 0.3 is 6.16 Å². The summed E-state index contributed by atoms with van der Waals surface area (Å²) in [5.41, 5.74) is -0.0615. The van der Waals surface area contributed by atoms with Crippen molar-refractivity contribution in [1.29, 1.82) is 0 Å². The van der Waals surface area contributed by atoms with E-state index >= 15 is 0 Å². The zero-order valence-corrected chi connectivity index (χ0v) is 12.7. The van der Waals surface area contributed by atoms with Crippen LogP contribution in [0.4, 0.5) is 10.5 Å². The fourth-order valence-electron chi connectivity index (χ4n) is 1.88. The summed E-state index contributed by atoms with van der Waals surface area (Å²) in [6.45, 7) is 5.47. The van der Waals surface area contributed by atoms with Gasteiger partial charge in [-0.3, -0.25) is 10.1 Å². The molecule has 22 heavy (non-hydrogen) atoms. The predicted molar refractivity (Wildman–Crippen MR) is 82.9 cm³/mol. The SMILES string of the molecule is C=CCCCCCC(C)OC(=O)Oc1ccc([N+](=O)[O-])cc1. The van der Waals surface area contributed by atoms with Gasteiger partial charge in [0.2, 0.25) is 0 Å². The third-order valence-electron chi connectivity index (χ3n) is 3.07. The molecule has 0 spiro atoms. The quantitative estimate of drug-likeness (QED) is 0.166. The number of allylic oxidation sites excluding steroid dienone is 1. The average Bonchev–Trinajstić information content (AvgIpc) is 2.47. The van der Waals surface area contributed by atoms with Crippen LogP contribution >= 0.6 is 0 Å². The minimum atomic E-state index is -0.799. The van der Waals surface area contributed by atoms with E-state index in [1.54, 1.807) is 0 Å². The highest BCUT2D eigenvalue weighted by atomic mass is 16.7. The van der Waals surface area contributed by atoms with E-state index < -0.39 is 11.1 Å². The largest absolute Gasteiger partial charge is 0.514 e. The van der Waals surface area contributed by atoms with Gasteiger partial charge < -0.3 is 9.47 Å². The zero-order chi connectivity index (χ0) is 16.4. The first-order chi connectivity index (χ1) is 10.5. The molecule has 0 radical (unpaired) electrons. The summed E-state index contributed by atoms with van der Waals surface area (Å²) in [5.74, 6) is 0.216. The highest BCUT2D eigenvalue weighted by Crippen LogP contribution is 2.18. The Bertz CT molecular complexity index is 498. The summed E-state index contributed by atoms with van der Waals surface area (Å²) in [4.78, 5) is 21.6. The van der Waals surface area contributed by atoms with Crippen molar-refractivity contribution < 1.29 is 19.2 Å². The number of nitro benzene ring substituents is 1. The number of carbonyl (C=O) groups excluding carboxylic acids is 1. The molecule has 0 heterocycles. The first kappa shape index (κ1) is 17.7. The van der Waals surface area contributed by atoms with Crippen LogP contribution < -0.4 is 4.74 Å². The number of hydrogen-bond donors (Lipinski definition) is 0. The fraction of sp³-hybridized carbons (Fsp3) is 0.438. The molecule has 120 valence electrons. The third kappa shape index (κ3) is 6.88. The van der Waals surface area contributed by atoms with E-state index in [9.17, 15) is 14.9 Å². The van der Waals surface area contributed by atoms with E-state index in [0.717, 1.165) is 32.1 Å². The lowest BCUT2D eigenvalue weighted by Gasteiger charge is -2.12. The Hall–Kier alpha value is -2.37. The van der Waals surface area contributed by atoms with Gasteiger partial charge in [-0.1, -0.05) is 12.5 Å². The van der Waals surface area contributed by atoms with Crippen molar-refractivity contribution in [3.63, 3.8) is 0 Å². The maximum absolute atomic E-state index is 11.6. The van der Waals surface area contributed by atoms with Crippen LogP contribution in [0, 0.1) is 10.1 Å². The van der Waals surface area contributed by atoms with Crippen LogP contribution in [-0.2, 0) is 4.74 Å². The Balaban J connectivity index is 2.29. The Labute approximate surface area is 129 Å². The van der Waals surface area contributed by atoms with Gasteiger partial charge in [-0.05, 0) is 44.7 Å². The van der Waals surface area contributed by atoms with Crippen molar-refractivity contribution in [3.05, 3.63) is 47.0 Å². The van der Waals surface area contributed by atoms with Crippen LogP contribution in [-0.4, -0.2) is 17.2 Å². The molecular formula is C16H21NO5. The highest BCUT2D eigenvalue weighted by molar-refractivity contribution is 5.64. The van der Waals surface area contributed by atoms with Gasteiger partial charge in [0, 0.05) is 12.1 Å². The fourth-order valence-corrected chi connectivity index (χ4v) is 1.88. The second-order valence-corrected chi connectivity index (χ2v) is 4.96. The van der Waals surface area contributed by atoms with E-state index in [0.29, 0.717) is 0 Å². The number of nitrogens with zero attached hydrogens (tertiary/aromatic N) is 1. The van der Waals surface area contributed by atoms with Crippen LogP contribution in [0.2, 0.25) is 0 Å². The van der Waals surface area contributed by atoms with Crippen LogP contribution in [0.3, 0.4) is 0 Å². The minimum absolute atomic E-state index is 0.0615. The maximum Gasteiger partial charge on any atom is 0.514 e.